The van der Waals surface area contributed by atoms with Crippen LogP contribution in [0.25, 0.3) is 11.6 Å². The summed E-state index contributed by atoms with van der Waals surface area (Å²) in [7, 11) is 1.57. The van der Waals surface area contributed by atoms with Crippen LogP contribution in [0.5, 0.6) is 5.88 Å². The first-order chi connectivity index (χ1) is 10.3. The molecule has 0 fully saturated rings. The van der Waals surface area contributed by atoms with Crippen LogP contribution in [0, 0.1) is 0 Å². The van der Waals surface area contributed by atoms with Crippen molar-refractivity contribution in [3.63, 3.8) is 0 Å². The fourth-order valence-corrected chi connectivity index (χ4v) is 1.76. The van der Waals surface area contributed by atoms with Gasteiger partial charge in [-0.15, -0.1) is 0 Å². The molecule has 2 N–H and O–H groups in total. The van der Waals surface area contributed by atoms with E-state index in [4.69, 9.17) is 9.15 Å². The van der Waals surface area contributed by atoms with Crippen molar-refractivity contribution >= 4 is 5.95 Å². The molecule has 0 spiro atoms. The lowest BCUT2D eigenvalue weighted by Gasteiger charge is -2.04. The van der Waals surface area contributed by atoms with E-state index in [2.05, 4.69) is 30.5 Å². The number of nitrogens with zero attached hydrogens (tertiary/aromatic N) is 4. The predicted molar refractivity (Wildman–Crippen MR) is 74.9 cm³/mol. The zero-order valence-electron chi connectivity index (χ0n) is 11.4. The van der Waals surface area contributed by atoms with Crippen LogP contribution >= 0.6 is 0 Å². The van der Waals surface area contributed by atoms with Crippen LogP contribution in [0.15, 0.2) is 35.1 Å². The molecule has 3 rings (SSSR count). The van der Waals surface area contributed by atoms with E-state index in [0.29, 0.717) is 36.4 Å². The first kappa shape index (κ1) is 13.1. The summed E-state index contributed by atoms with van der Waals surface area (Å²) < 4.78 is 10.3. The monoisotopic (exact) mass is 286 g/mol. The minimum atomic E-state index is 0.514. The first-order valence-electron chi connectivity index (χ1n) is 6.41. The summed E-state index contributed by atoms with van der Waals surface area (Å²) in [6, 6.07) is 5.31. The Morgan fingerprint density at radius 2 is 2.29 bits per heavy atom. The van der Waals surface area contributed by atoms with E-state index >= 15 is 0 Å². The number of aromatic amines is 1. The van der Waals surface area contributed by atoms with Gasteiger partial charge in [0, 0.05) is 25.2 Å². The molecule has 3 aromatic heterocycles. The summed E-state index contributed by atoms with van der Waals surface area (Å²) in [6.45, 7) is 0.625. The number of methoxy groups -OCH3 is 1. The van der Waals surface area contributed by atoms with Gasteiger partial charge in [-0.2, -0.15) is 10.1 Å². The third-order valence-electron chi connectivity index (χ3n) is 2.76. The highest BCUT2D eigenvalue weighted by Gasteiger charge is 2.08. The second-order valence-electron chi connectivity index (χ2n) is 4.18. The second kappa shape index (κ2) is 6.04. The molecule has 0 bridgehead atoms. The number of anilines is 1. The molecular formula is C13H14N6O2. The fraction of sp³-hybridized carbons (Fsp3) is 0.231. The molecule has 0 radical (unpaired) electrons. The molecule has 8 nitrogen and oxygen atoms in total. The topological polar surface area (TPSA) is 102 Å². The Balaban J connectivity index is 1.56. The molecule has 0 saturated carbocycles. The number of nitrogens with one attached hydrogen (secondary N) is 2. The molecule has 8 heteroatoms. The fourth-order valence-electron chi connectivity index (χ4n) is 1.76. The average Bonchev–Trinajstić information content (AvgIpc) is 3.18. The van der Waals surface area contributed by atoms with Crippen LogP contribution in [-0.4, -0.2) is 38.8 Å². The minimum Gasteiger partial charge on any atom is -0.481 e. The van der Waals surface area contributed by atoms with Gasteiger partial charge in [-0.3, -0.25) is 5.10 Å². The maximum atomic E-state index is 5.24. The quantitative estimate of drug-likeness (QED) is 0.708. The number of ether oxygens (including phenoxy) is 1. The Kier molecular flexibility index (Phi) is 3.77. The van der Waals surface area contributed by atoms with Crippen LogP contribution in [0.4, 0.5) is 5.95 Å². The molecule has 108 valence electrons. The lowest BCUT2D eigenvalue weighted by molar-refractivity contribution is 0.397. The highest BCUT2D eigenvalue weighted by atomic mass is 16.5. The van der Waals surface area contributed by atoms with Crippen molar-refractivity contribution < 1.29 is 9.15 Å². The van der Waals surface area contributed by atoms with Gasteiger partial charge < -0.3 is 14.5 Å². The van der Waals surface area contributed by atoms with E-state index in [-0.39, 0.29) is 0 Å². The first-order valence-corrected chi connectivity index (χ1v) is 6.41. The van der Waals surface area contributed by atoms with Crippen LogP contribution in [0.1, 0.15) is 5.82 Å². The van der Waals surface area contributed by atoms with E-state index < -0.39 is 0 Å². The third-order valence-corrected chi connectivity index (χ3v) is 2.76. The van der Waals surface area contributed by atoms with Crippen molar-refractivity contribution in [1.82, 2.24) is 25.1 Å². The molecular weight excluding hydrogens is 272 g/mol. The summed E-state index contributed by atoms with van der Waals surface area (Å²) in [4.78, 5) is 12.6. The molecule has 0 unspecified atom stereocenters. The third kappa shape index (κ3) is 3.16. The summed E-state index contributed by atoms with van der Waals surface area (Å²) in [5.41, 5.74) is 0. The van der Waals surface area contributed by atoms with Crippen molar-refractivity contribution in [3.05, 3.63) is 36.5 Å². The zero-order chi connectivity index (χ0) is 14.5. The van der Waals surface area contributed by atoms with Gasteiger partial charge in [-0.25, -0.2) is 9.97 Å². The smallest absolute Gasteiger partial charge is 0.225 e. The highest BCUT2D eigenvalue weighted by Crippen LogP contribution is 2.14. The zero-order valence-corrected chi connectivity index (χ0v) is 11.4. The van der Waals surface area contributed by atoms with E-state index in [0.717, 1.165) is 5.82 Å². The molecule has 0 saturated heterocycles. The summed E-state index contributed by atoms with van der Waals surface area (Å²) in [5, 5.41) is 10.1. The van der Waals surface area contributed by atoms with Gasteiger partial charge in [-0.05, 0) is 12.1 Å². The lowest BCUT2D eigenvalue weighted by Crippen LogP contribution is -2.09. The van der Waals surface area contributed by atoms with E-state index in [1.807, 2.05) is 6.07 Å². The summed E-state index contributed by atoms with van der Waals surface area (Å²) in [6.07, 6.45) is 3.89. The lowest BCUT2D eigenvalue weighted by atomic mass is 10.4. The van der Waals surface area contributed by atoms with Gasteiger partial charge in [0.25, 0.3) is 0 Å². The molecule has 3 heterocycles. The number of hydrogen-bond donors (Lipinski definition) is 2. The van der Waals surface area contributed by atoms with Crippen LogP contribution in [-0.2, 0) is 6.42 Å². The summed E-state index contributed by atoms with van der Waals surface area (Å²) >= 11 is 0. The van der Waals surface area contributed by atoms with Gasteiger partial charge in [-0.1, -0.05) is 0 Å². The molecule has 0 atom stereocenters. The van der Waals surface area contributed by atoms with Gasteiger partial charge in [0.1, 0.15) is 5.82 Å². The Labute approximate surface area is 120 Å². The van der Waals surface area contributed by atoms with Crippen LogP contribution < -0.4 is 10.1 Å². The van der Waals surface area contributed by atoms with Crippen LogP contribution in [0.2, 0.25) is 0 Å². The number of aromatic nitrogens is 5. The van der Waals surface area contributed by atoms with Gasteiger partial charge in [0.2, 0.25) is 17.7 Å². The Morgan fingerprint density at radius 3 is 3.10 bits per heavy atom. The van der Waals surface area contributed by atoms with Gasteiger partial charge >= 0.3 is 0 Å². The maximum Gasteiger partial charge on any atom is 0.225 e. The average molecular weight is 286 g/mol. The predicted octanol–water partition coefficient (Wildman–Crippen LogP) is 1.52. The van der Waals surface area contributed by atoms with Gasteiger partial charge in [0.15, 0.2) is 5.76 Å². The second-order valence-corrected chi connectivity index (χ2v) is 4.18. The van der Waals surface area contributed by atoms with Crippen molar-refractivity contribution in [2.24, 2.45) is 0 Å². The maximum absolute atomic E-state index is 5.24. The van der Waals surface area contributed by atoms with Crippen molar-refractivity contribution in [3.8, 4) is 17.5 Å². The van der Waals surface area contributed by atoms with Gasteiger partial charge in [0.05, 0.1) is 13.4 Å². The summed E-state index contributed by atoms with van der Waals surface area (Å²) in [5.74, 6) is 2.98. The van der Waals surface area contributed by atoms with Crippen molar-refractivity contribution in [2.45, 2.75) is 6.42 Å². The molecule has 0 amide bonds. The number of hydrogen-bond acceptors (Lipinski definition) is 7. The molecule has 0 aliphatic carbocycles. The van der Waals surface area contributed by atoms with E-state index in [1.165, 1.54) is 0 Å². The number of rotatable bonds is 6. The molecule has 0 aromatic carbocycles. The molecule has 3 aromatic rings. The Morgan fingerprint density at radius 1 is 1.33 bits per heavy atom. The van der Waals surface area contributed by atoms with Crippen LogP contribution in [0.3, 0.4) is 0 Å². The van der Waals surface area contributed by atoms with E-state index in [9.17, 15) is 0 Å². The standard InChI is InChI=1S/C13H14N6O2/c1-20-11-5-7-15-13(17-11)14-6-4-10-16-12(19-18-10)9-3-2-8-21-9/h2-3,5,7-8H,4,6H2,1H3,(H,14,15,17)(H,16,18,19). The van der Waals surface area contributed by atoms with Crippen molar-refractivity contribution in [2.75, 3.05) is 19.0 Å². The highest BCUT2D eigenvalue weighted by molar-refractivity contribution is 5.45. The number of H-pyrrole nitrogens is 1. The van der Waals surface area contributed by atoms with E-state index in [1.54, 1.807) is 31.7 Å². The largest absolute Gasteiger partial charge is 0.481 e. The molecule has 21 heavy (non-hydrogen) atoms. The normalized spacial score (nSPS) is 10.5. The number of furan rings is 1. The SMILES string of the molecule is COc1ccnc(NCCc2nc(-c3ccco3)n[nH]2)n1. The molecule has 0 aliphatic rings. The minimum absolute atomic E-state index is 0.514. The van der Waals surface area contributed by atoms with Crippen molar-refractivity contribution in [1.29, 1.82) is 0 Å². The Hall–Kier alpha value is -2.90. The Bertz CT molecular complexity index is 694. The molecule has 0 aliphatic heterocycles.